The highest BCUT2D eigenvalue weighted by Crippen LogP contribution is 1.93. The number of hydrogen-bond donors (Lipinski definition) is 2. The van der Waals surface area contributed by atoms with Crippen LogP contribution in [0.1, 0.15) is 26.7 Å². The first-order chi connectivity index (χ1) is 8.28. The zero-order valence-corrected chi connectivity index (χ0v) is 14.4. The van der Waals surface area contributed by atoms with E-state index in [1.165, 1.54) is 19.4 Å². The van der Waals surface area contributed by atoms with E-state index < -0.39 is 0 Å². The number of aliphatic imine (C=N–C) groups is 1. The summed E-state index contributed by atoms with van der Waals surface area (Å²) in [5.74, 6) is 0.854. The van der Waals surface area contributed by atoms with Gasteiger partial charge in [0.1, 0.15) is 0 Å². The van der Waals surface area contributed by atoms with Gasteiger partial charge in [-0.1, -0.05) is 19.9 Å². The van der Waals surface area contributed by atoms with Gasteiger partial charge in [-0.15, -0.1) is 30.6 Å². The number of rotatable bonds is 9. The molecule has 0 radical (unpaired) electrons. The highest BCUT2D eigenvalue weighted by atomic mass is 127. The van der Waals surface area contributed by atoms with E-state index in [2.05, 4.69) is 41.0 Å². The Labute approximate surface area is 129 Å². The van der Waals surface area contributed by atoms with Gasteiger partial charge in [-0.25, -0.2) is 0 Å². The highest BCUT2D eigenvalue weighted by molar-refractivity contribution is 14.0. The average molecular weight is 368 g/mol. The lowest BCUT2D eigenvalue weighted by atomic mass is 10.3. The Morgan fingerprint density at radius 2 is 1.89 bits per heavy atom. The number of halogens is 1. The molecule has 0 bridgehead atoms. The van der Waals surface area contributed by atoms with Crippen molar-refractivity contribution in [3.8, 4) is 0 Å². The van der Waals surface area contributed by atoms with Crippen molar-refractivity contribution in [1.29, 1.82) is 0 Å². The molecule has 0 aliphatic rings. The molecule has 0 saturated heterocycles. The second-order valence-corrected chi connectivity index (χ2v) is 3.90. The van der Waals surface area contributed by atoms with Crippen molar-refractivity contribution in [3.05, 3.63) is 12.7 Å². The van der Waals surface area contributed by atoms with E-state index in [1.54, 1.807) is 7.05 Å². The lowest BCUT2D eigenvalue weighted by Crippen LogP contribution is -2.37. The minimum Gasteiger partial charge on any atom is -0.356 e. The Balaban J connectivity index is 0. The molecule has 0 rings (SSSR count). The van der Waals surface area contributed by atoms with Crippen molar-refractivity contribution < 1.29 is 0 Å². The van der Waals surface area contributed by atoms with E-state index in [-0.39, 0.29) is 24.0 Å². The summed E-state index contributed by atoms with van der Waals surface area (Å²) >= 11 is 0. The predicted octanol–water partition coefficient (Wildman–Crippen LogP) is 2.08. The molecular weight excluding hydrogens is 339 g/mol. The maximum atomic E-state index is 4.13. The maximum Gasteiger partial charge on any atom is 0.191 e. The van der Waals surface area contributed by atoms with Gasteiger partial charge in [0.2, 0.25) is 0 Å². The molecule has 2 N–H and O–H groups in total. The van der Waals surface area contributed by atoms with Crippen LogP contribution >= 0.6 is 24.0 Å². The highest BCUT2D eigenvalue weighted by Gasteiger charge is 1.98. The molecular formula is C13H29IN4. The second-order valence-electron chi connectivity index (χ2n) is 3.90. The largest absolute Gasteiger partial charge is 0.356 e. The van der Waals surface area contributed by atoms with Crippen LogP contribution in [0.3, 0.4) is 0 Å². The number of nitrogens with zero attached hydrogens (tertiary/aromatic N) is 2. The fourth-order valence-corrected chi connectivity index (χ4v) is 1.60. The lowest BCUT2D eigenvalue weighted by Gasteiger charge is -2.17. The van der Waals surface area contributed by atoms with Crippen LogP contribution in [-0.4, -0.2) is 50.6 Å². The van der Waals surface area contributed by atoms with E-state index in [0.717, 1.165) is 32.1 Å². The minimum absolute atomic E-state index is 0. The monoisotopic (exact) mass is 368 g/mol. The van der Waals surface area contributed by atoms with Gasteiger partial charge in [0, 0.05) is 20.1 Å². The van der Waals surface area contributed by atoms with Gasteiger partial charge >= 0.3 is 0 Å². The molecule has 0 aromatic rings. The number of hydrogen-bond acceptors (Lipinski definition) is 2. The maximum absolute atomic E-state index is 4.13. The average Bonchev–Trinajstić information content (AvgIpc) is 2.37. The normalized spacial score (nSPS) is 11.0. The van der Waals surface area contributed by atoms with Crippen LogP contribution in [0.4, 0.5) is 0 Å². The summed E-state index contributed by atoms with van der Waals surface area (Å²) in [6, 6.07) is 0. The van der Waals surface area contributed by atoms with E-state index in [0.29, 0.717) is 0 Å². The van der Waals surface area contributed by atoms with E-state index in [4.69, 9.17) is 0 Å². The van der Waals surface area contributed by atoms with E-state index in [1.807, 2.05) is 6.08 Å². The molecule has 0 saturated carbocycles. The second kappa shape index (κ2) is 14.8. The van der Waals surface area contributed by atoms with E-state index in [9.17, 15) is 0 Å². The molecule has 0 fully saturated rings. The Hall–Kier alpha value is -0.300. The van der Waals surface area contributed by atoms with Gasteiger partial charge in [-0.05, 0) is 32.5 Å². The number of unbranched alkanes of at least 4 members (excludes halogenated alkanes) is 1. The van der Waals surface area contributed by atoms with Crippen LogP contribution in [0.25, 0.3) is 0 Å². The Morgan fingerprint density at radius 1 is 1.22 bits per heavy atom. The Bertz CT molecular complexity index is 215. The molecule has 4 nitrogen and oxygen atoms in total. The molecule has 0 atom stereocenters. The standard InChI is InChI=1S/C13H28N4.HI/c1-5-10-15-13(14-4)16-11-8-9-12-17(6-2)7-3;/h5H,1,6-12H2,2-4H3,(H2,14,15,16);1H. The molecule has 0 spiro atoms. The number of guanidine groups is 1. The fourth-order valence-electron chi connectivity index (χ4n) is 1.60. The van der Waals surface area contributed by atoms with Gasteiger partial charge < -0.3 is 15.5 Å². The molecule has 5 heteroatoms. The third-order valence-electron chi connectivity index (χ3n) is 2.73. The third-order valence-corrected chi connectivity index (χ3v) is 2.73. The summed E-state index contributed by atoms with van der Waals surface area (Å²) in [5.41, 5.74) is 0. The van der Waals surface area contributed by atoms with Crippen LogP contribution in [0.2, 0.25) is 0 Å². The molecule has 18 heavy (non-hydrogen) atoms. The van der Waals surface area contributed by atoms with Crippen molar-refractivity contribution >= 4 is 29.9 Å². The molecule has 0 aromatic carbocycles. The van der Waals surface area contributed by atoms with Gasteiger partial charge in [0.15, 0.2) is 5.96 Å². The summed E-state index contributed by atoms with van der Waals surface area (Å²) in [7, 11) is 1.79. The molecule has 0 aliphatic carbocycles. The summed E-state index contributed by atoms with van der Waals surface area (Å²) in [6.07, 6.45) is 4.23. The number of nitrogens with one attached hydrogen (secondary N) is 2. The Morgan fingerprint density at radius 3 is 2.39 bits per heavy atom. The smallest absolute Gasteiger partial charge is 0.191 e. The van der Waals surface area contributed by atoms with Gasteiger partial charge in [0.25, 0.3) is 0 Å². The van der Waals surface area contributed by atoms with Crippen LogP contribution in [0.15, 0.2) is 17.6 Å². The van der Waals surface area contributed by atoms with E-state index >= 15 is 0 Å². The quantitative estimate of drug-likeness (QED) is 0.215. The lowest BCUT2D eigenvalue weighted by molar-refractivity contribution is 0.297. The SMILES string of the molecule is C=CCNC(=NC)NCCCCN(CC)CC.I. The minimum atomic E-state index is 0. The van der Waals surface area contributed by atoms with Gasteiger partial charge in [0.05, 0.1) is 0 Å². The molecule has 0 aromatic heterocycles. The molecule has 0 amide bonds. The zero-order chi connectivity index (χ0) is 12.9. The zero-order valence-electron chi connectivity index (χ0n) is 12.0. The van der Waals surface area contributed by atoms with Crippen LogP contribution in [0.5, 0.6) is 0 Å². The molecule has 0 unspecified atom stereocenters. The molecule has 0 aliphatic heterocycles. The van der Waals surface area contributed by atoms with Gasteiger partial charge in [-0.2, -0.15) is 0 Å². The van der Waals surface area contributed by atoms with Crippen LogP contribution < -0.4 is 10.6 Å². The summed E-state index contributed by atoms with van der Waals surface area (Å²) in [5, 5.41) is 6.44. The van der Waals surface area contributed by atoms with Crippen LogP contribution in [-0.2, 0) is 0 Å². The van der Waals surface area contributed by atoms with Crippen molar-refractivity contribution in [2.75, 3.05) is 39.8 Å². The Kier molecular flexibility index (Phi) is 16.4. The first-order valence-electron chi connectivity index (χ1n) is 6.56. The van der Waals surface area contributed by atoms with Crippen molar-refractivity contribution in [2.45, 2.75) is 26.7 Å². The first kappa shape index (κ1) is 20.0. The first-order valence-corrected chi connectivity index (χ1v) is 6.56. The molecule has 0 heterocycles. The molecule has 108 valence electrons. The fraction of sp³-hybridized carbons (Fsp3) is 0.769. The topological polar surface area (TPSA) is 39.7 Å². The third kappa shape index (κ3) is 10.8. The summed E-state index contributed by atoms with van der Waals surface area (Å²) in [6.45, 7) is 13.3. The summed E-state index contributed by atoms with van der Waals surface area (Å²) in [4.78, 5) is 6.58. The van der Waals surface area contributed by atoms with Crippen LogP contribution in [0, 0.1) is 0 Å². The van der Waals surface area contributed by atoms with Crippen molar-refractivity contribution in [2.24, 2.45) is 4.99 Å². The van der Waals surface area contributed by atoms with Gasteiger partial charge in [-0.3, -0.25) is 4.99 Å². The van der Waals surface area contributed by atoms with Crippen molar-refractivity contribution in [1.82, 2.24) is 15.5 Å². The van der Waals surface area contributed by atoms with Crippen molar-refractivity contribution in [3.63, 3.8) is 0 Å². The summed E-state index contributed by atoms with van der Waals surface area (Å²) < 4.78 is 0. The predicted molar refractivity (Wildman–Crippen MR) is 92.0 cm³/mol.